The van der Waals surface area contributed by atoms with Crippen molar-refractivity contribution in [2.45, 2.75) is 6.61 Å². The molecule has 15 heavy (non-hydrogen) atoms. The Kier molecular flexibility index (Phi) is 6.20. The number of nitrogens with one attached hydrogen (secondary N) is 1. The molecule has 0 aliphatic rings. The summed E-state index contributed by atoms with van der Waals surface area (Å²) in [5.41, 5.74) is 1.10. The van der Waals surface area contributed by atoms with Crippen molar-refractivity contribution in [3.05, 3.63) is 35.9 Å². The molecule has 1 aromatic carbocycles. The van der Waals surface area contributed by atoms with Gasteiger partial charge >= 0.3 is 0 Å². The van der Waals surface area contributed by atoms with E-state index >= 15 is 0 Å². The van der Waals surface area contributed by atoms with Crippen molar-refractivity contribution in [3.8, 4) is 0 Å². The Hall–Kier alpha value is -1.39. The Balaban J connectivity index is 2.06. The van der Waals surface area contributed by atoms with Crippen LogP contribution in [0.1, 0.15) is 5.56 Å². The highest BCUT2D eigenvalue weighted by molar-refractivity contribution is 5.58. The molecule has 0 unspecified atom stereocenters. The lowest BCUT2D eigenvalue weighted by Gasteiger charge is -1.99. The zero-order valence-corrected chi connectivity index (χ0v) is 8.60. The molecule has 0 spiro atoms. The molecular weight excluding hydrogens is 192 g/mol. The lowest BCUT2D eigenvalue weighted by molar-refractivity contribution is 0.131. The van der Waals surface area contributed by atoms with Gasteiger partial charge in [0.2, 0.25) is 0 Å². The molecule has 0 amide bonds. The Morgan fingerprint density at radius 2 is 2.13 bits per heavy atom. The molecule has 0 atom stereocenters. The van der Waals surface area contributed by atoms with Crippen molar-refractivity contribution in [1.29, 1.82) is 0 Å². The van der Waals surface area contributed by atoms with Gasteiger partial charge in [0.05, 0.1) is 12.8 Å². The van der Waals surface area contributed by atoms with Gasteiger partial charge < -0.3 is 15.3 Å². The maximum atomic E-state index is 8.48. The maximum Gasteiger partial charge on any atom is 0.142 e. The molecule has 0 bridgehead atoms. The zero-order valence-electron chi connectivity index (χ0n) is 8.60. The summed E-state index contributed by atoms with van der Waals surface area (Å²) >= 11 is 0. The Morgan fingerprint density at radius 1 is 1.33 bits per heavy atom. The molecule has 0 aliphatic heterocycles. The summed E-state index contributed by atoms with van der Waals surface area (Å²) < 4.78 is 0. The van der Waals surface area contributed by atoms with Gasteiger partial charge in [-0.05, 0) is 5.56 Å². The van der Waals surface area contributed by atoms with Crippen molar-refractivity contribution < 1.29 is 9.94 Å². The van der Waals surface area contributed by atoms with Gasteiger partial charge in [0, 0.05) is 13.1 Å². The van der Waals surface area contributed by atoms with Crippen LogP contribution < -0.4 is 5.32 Å². The molecule has 0 aliphatic carbocycles. The van der Waals surface area contributed by atoms with Gasteiger partial charge in [0.15, 0.2) is 0 Å². The fraction of sp³-hybridized carbons (Fsp3) is 0.364. The monoisotopic (exact) mass is 208 g/mol. The number of rotatable bonds is 7. The fourth-order valence-corrected chi connectivity index (χ4v) is 1.02. The molecule has 0 fully saturated rings. The first-order valence-electron chi connectivity index (χ1n) is 4.93. The molecule has 0 saturated heterocycles. The van der Waals surface area contributed by atoms with Crippen LogP contribution in [0.25, 0.3) is 0 Å². The fourth-order valence-electron chi connectivity index (χ4n) is 1.02. The van der Waals surface area contributed by atoms with Crippen molar-refractivity contribution in [2.75, 3.05) is 19.7 Å². The quantitative estimate of drug-likeness (QED) is 0.395. The molecule has 0 aromatic heterocycles. The third-order valence-corrected chi connectivity index (χ3v) is 1.75. The van der Waals surface area contributed by atoms with Gasteiger partial charge in [-0.3, -0.25) is 0 Å². The topological polar surface area (TPSA) is 53.8 Å². The summed E-state index contributed by atoms with van der Waals surface area (Å²) in [6, 6.07) is 9.86. The molecule has 0 heterocycles. The summed E-state index contributed by atoms with van der Waals surface area (Å²) in [6.45, 7) is 1.80. The number of hydrogen-bond donors (Lipinski definition) is 2. The van der Waals surface area contributed by atoms with Crippen LogP contribution in [-0.4, -0.2) is 31.0 Å². The minimum absolute atomic E-state index is 0.138. The maximum absolute atomic E-state index is 8.48. The summed E-state index contributed by atoms with van der Waals surface area (Å²) in [4.78, 5) is 5.07. The molecule has 0 radical (unpaired) electrons. The second-order valence-corrected chi connectivity index (χ2v) is 2.97. The number of benzene rings is 1. The minimum Gasteiger partial charge on any atom is -0.395 e. The number of hydrogen-bond acceptors (Lipinski definition) is 4. The predicted octanol–water partition coefficient (Wildman–Crippen LogP) is 0.771. The van der Waals surface area contributed by atoms with E-state index in [1.807, 2.05) is 30.3 Å². The average molecular weight is 208 g/mol. The Bertz CT molecular complexity index is 275. The van der Waals surface area contributed by atoms with Gasteiger partial charge in [-0.1, -0.05) is 35.5 Å². The number of aliphatic hydroxyl groups is 1. The summed E-state index contributed by atoms with van der Waals surface area (Å²) in [5.74, 6) is 0. The lowest BCUT2D eigenvalue weighted by atomic mass is 10.2. The normalized spacial score (nSPS) is 10.7. The molecule has 4 heteroatoms. The van der Waals surface area contributed by atoms with Crippen molar-refractivity contribution >= 4 is 6.21 Å². The molecule has 2 N–H and O–H groups in total. The van der Waals surface area contributed by atoms with Crippen LogP contribution in [0.3, 0.4) is 0 Å². The van der Waals surface area contributed by atoms with Crippen molar-refractivity contribution in [3.63, 3.8) is 0 Å². The van der Waals surface area contributed by atoms with E-state index in [0.29, 0.717) is 19.7 Å². The SMILES string of the molecule is OCCNCC=NOCc1ccccc1. The zero-order chi connectivity index (χ0) is 10.8. The second kappa shape index (κ2) is 7.96. The van der Waals surface area contributed by atoms with Crippen molar-refractivity contribution in [2.24, 2.45) is 5.16 Å². The van der Waals surface area contributed by atoms with Gasteiger partial charge in [0.25, 0.3) is 0 Å². The Morgan fingerprint density at radius 3 is 2.87 bits per heavy atom. The third-order valence-electron chi connectivity index (χ3n) is 1.75. The van der Waals surface area contributed by atoms with Crippen LogP contribution >= 0.6 is 0 Å². The predicted molar refractivity (Wildman–Crippen MR) is 59.7 cm³/mol. The number of nitrogens with zero attached hydrogens (tertiary/aromatic N) is 1. The first-order chi connectivity index (χ1) is 7.43. The van der Waals surface area contributed by atoms with E-state index in [0.717, 1.165) is 5.56 Å². The molecule has 1 aromatic rings. The highest BCUT2D eigenvalue weighted by Gasteiger charge is 1.88. The first kappa shape index (κ1) is 11.7. The lowest BCUT2D eigenvalue weighted by Crippen LogP contribution is -2.20. The smallest absolute Gasteiger partial charge is 0.142 e. The van der Waals surface area contributed by atoms with Crippen LogP contribution in [-0.2, 0) is 11.4 Å². The van der Waals surface area contributed by atoms with Crippen LogP contribution in [0.2, 0.25) is 0 Å². The van der Waals surface area contributed by atoms with Crippen LogP contribution in [0.5, 0.6) is 0 Å². The standard InChI is InChI=1S/C11H16N2O2/c14-9-8-12-6-7-13-15-10-11-4-2-1-3-5-11/h1-5,7,12,14H,6,8-10H2. The molecular formula is C11H16N2O2. The molecule has 1 rings (SSSR count). The van der Waals surface area contributed by atoms with E-state index in [-0.39, 0.29) is 6.61 Å². The van der Waals surface area contributed by atoms with E-state index in [1.54, 1.807) is 6.21 Å². The summed E-state index contributed by atoms with van der Waals surface area (Å²) in [5, 5.41) is 15.2. The first-order valence-corrected chi connectivity index (χ1v) is 4.93. The second-order valence-electron chi connectivity index (χ2n) is 2.97. The van der Waals surface area contributed by atoms with Crippen molar-refractivity contribution in [1.82, 2.24) is 5.32 Å². The molecule has 0 saturated carbocycles. The van der Waals surface area contributed by atoms with E-state index in [9.17, 15) is 0 Å². The van der Waals surface area contributed by atoms with E-state index in [4.69, 9.17) is 9.94 Å². The van der Waals surface area contributed by atoms with Gasteiger partial charge in [0.1, 0.15) is 6.61 Å². The van der Waals surface area contributed by atoms with Gasteiger partial charge in [-0.25, -0.2) is 0 Å². The van der Waals surface area contributed by atoms with Crippen LogP contribution in [0.15, 0.2) is 35.5 Å². The number of oxime groups is 1. The number of aliphatic hydroxyl groups excluding tert-OH is 1. The highest BCUT2D eigenvalue weighted by Crippen LogP contribution is 1.99. The van der Waals surface area contributed by atoms with Gasteiger partial charge in [-0.2, -0.15) is 0 Å². The summed E-state index contributed by atoms with van der Waals surface area (Å²) in [6.07, 6.45) is 1.64. The highest BCUT2D eigenvalue weighted by atomic mass is 16.6. The molecule has 82 valence electrons. The average Bonchev–Trinajstić information content (AvgIpc) is 2.29. The minimum atomic E-state index is 0.138. The molecule has 4 nitrogen and oxygen atoms in total. The Labute approximate surface area is 89.6 Å². The van der Waals surface area contributed by atoms with E-state index in [2.05, 4.69) is 10.5 Å². The van der Waals surface area contributed by atoms with Crippen LogP contribution in [0, 0.1) is 0 Å². The van der Waals surface area contributed by atoms with Crippen LogP contribution in [0.4, 0.5) is 0 Å². The van der Waals surface area contributed by atoms with E-state index < -0.39 is 0 Å². The van der Waals surface area contributed by atoms with Gasteiger partial charge in [-0.15, -0.1) is 0 Å². The largest absolute Gasteiger partial charge is 0.395 e. The van der Waals surface area contributed by atoms with E-state index in [1.165, 1.54) is 0 Å². The summed E-state index contributed by atoms with van der Waals surface area (Å²) in [7, 11) is 0. The third kappa shape index (κ3) is 5.83.